The van der Waals surface area contributed by atoms with Crippen LogP contribution in [0.2, 0.25) is 13.1 Å². The Hall–Kier alpha value is -1.18. The number of allylic oxidation sites excluding steroid dienone is 2. The molecule has 3 aromatic rings. The third kappa shape index (κ3) is 5.68. The van der Waals surface area contributed by atoms with Crippen molar-refractivity contribution in [1.29, 1.82) is 0 Å². The predicted octanol–water partition coefficient (Wildman–Crippen LogP) is 13.7. The second-order valence-electron chi connectivity index (χ2n) is 16.1. The topological polar surface area (TPSA) is 0 Å². The van der Waals surface area contributed by atoms with Crippen LogP contribution in [0, 0.1) is 5.92 Å². The van der Waals surface area contributed by atoms with E-state index in [0.29, 0.717) is 11.8 Å². The molecule has 46 heavy (non-hydrogen) atoms. The fourth-order valence-corrected chi connectivity index (χ4v) is 40.6. The average Bonchev–Trinajstić information content (AvgIpc) is 3.65. The zero-order chi connectivity index (χ0) is 33.0. The molecule has 0 saturated heterocycles. The standard InChI is InChI=1S/C21H23.C19H25.C2H7Si.2ClH.Zr/c1-5-15-13-17-7-6-8-19(20(17)14-15)16-9-11-18(12-10-16)21(2,3)4;1-3-14(2)18-11-7-10-16-12-17(13-19(16)18)15-8-5-4-6-9-15;1-3-2;;;/h6-14H,5H2,1-4H3;7,10-15H,3-6,8-9H2,1-2H3;3H,1-2H3;2*1H;/q;;;;;+2/p-2. The second-order valence-corrected chi connectivity index (χ2v) is 58.6. The van der Waals surface area contributed by atoms with Gasteiger partial charge in [-0.1, -0.05) is 0 Å². The normalized spacial score (nSPS) is 21.8. The first-order valence-corrected chi connectivity index (χ1v) is 34.5. The first-order valence-electron chi connectivity index (χ1n) is 18.2. The van der Waals surface area contributed by atoms with Crippen molar-refractivity contribution in [1.82, 2.24) is 0 Å². The van der Waals surface area contributed by atoms with Crippen LogP contribution in [-0.4, -0.2) is 5.92 Å². The van der Waals surface area contributed by atoms with E-state index < -0.39 is 21.5 Å². The van der Waals surface area contributed by atoms with Crippen LogP contribution in [0.1, 0.15) is 133 Å². The molecule has 1 fully saturated rings. The van der Waals surface area contributed by atoms with Crippen LogP contribution < -0.4 is 0 Å². The Bertz CT molecular complexity index is 1670. The van der Waals surface area contributed by atoms with Crippen molar-refractivity contribution in [3.8, 4) is 11.1 Å². The van der Waals surface area contributed by atoms with E-state index in [2.05, 4.69) is 127 Å². The molecule has 245 valence electrons. The van der Waals surface area contributed by atoms with Gasteiger partial charge in [0.25, 0.3) is 0 Å². The molecule has 6 rings (SSSR count). The summed E-state index contributed by atoms with van der Waals surface area (Å²) in [7, 11) is 17.6. The molecule has 0 amide bonds. The fraction of sp³-hybridized carbons (Fsp3) is 0.476. The van der Waals surface area contributed by atoms with Gasteiger partial charge in [-0.15, -0.1) is 0 Å². The molecule has 1 saturated carbocycles. The van der Waals surface area contributed by atoms with E-state index in [1.807, 2.05) is 0 Å². The molecule has 0 radical (unpaired) electrons. The van der Waals surface area contributed by atoms with Crippen LogP contribution in [0.5, 0.6) is 0 Å². The number of halogens is 2. The van der Waals surface area contributed by atoms with Crippen molar-refractivity contribution in [2.75, 3.05) is 0 Å². The van der Waals surface area contributed by atoms with E-state index in [4.69, 9.17) is 17.0 Å². The van der Waals surface area contributed by atoms with Gasteiger partial charge in [0.1, 0.15) is 0 Å². The van der Waals surface area contributed by atoms with Crippen LogP contribution in [-0.2, 0) is 21.0 Å². The summed E-state index contributed by atoms with van der Waals surface area (Å²) < 4.78 is 0.347. The van der Waals surface area contributed by atoms with Crippen molar-refractivity contribution in [2.24, 2.45) is 5.92 Å². The number of rotatable bonds is 8. The van der Waals surface area contributed by atoms with Crippen LogP contribution in [0.25, 0.3) is 23.3 Å². The monoisotopic (exact) mass is 747 g/mol. The van der Waals surface area contributed by atoms with Crippen LogP contribution in [0.15, 0.2) is 71.8 Å². The number of benzene rings is 3. The van der Waals surface area contributed by atoms with E-state index in [-0.39, 0.29) is 12.7 Å². The van der Waals surface area contributed by atoms with Gasteiger partial charge >= 0.3 is 291 Å². The third-order valence-electron chi connectivity index (χ3n) is 12.2. The molecule has 3 aromatic carbocycles. The maximum atomic E-state index is 8.78. The Balaban J connectivity index is 1.56. The van der Waals surface area contributed by atoms with Crippen LogP contribution >= 0.6 is 17.0 Å². The van der Waals surface area contributed by atoms with E-state index in [0.717, 1.165) is 12.8 Å². The van der Waals surface area contributed by atoms with Crippen LogP contribution in [0.3, 0.4) is 0 Å². The van der Waals surface area contributed by atoms with Crippen molar-refractivity contribution < 1.29 is 15.6 Å². The molecule has 4 heteroatoms. The van der Waals surface area contributed by atoms with Gasteiger partial charge < -0.3 is 0 Å². The molecule has 3 unspecified atom stereocenters. The number of hydrogen-bond donors (Lipinski definition) is 0. The first kappa shape index (κ1) is 34.7. The number of hydrogen-bond acceptors (Lipinski definition) is 0. The summed E-state index contributed by atoms with van der Waals surface area (Å²) in [6, 6.07) is 23.4. The van der Waals surface area contributed by atoms with E-state index >= 15 is 0 Å². The van der Waals surface area contributed by atoms with Crippen molar-refractivity contribution in [3.05, 3.63) is 105 Å². The van der Waals surface area contributed by atoms with E-state index in [9.17, 15) is 0 Å². The average molecular weight is 750 g/mol. The summed E-state index contributed by atoms with van der Waals surface area (Å²) in [6.07, 6.45) is 13.8. The summed E-state index contributed by atoms with van der Waals surface area (Å²) in [4.78, 5) is 0. The summed E-state index contributed by atoms with van der Waals surface area (Å²) in [6.45, 7) is 18.9. The van der Waals surface area contributed by atoms with Gasteiger partial charge in [0.15, 0.2) is 0 Å². The maximum absolute atomic E-state index is 8.78. The molecule has 0 nitrogen and oxygen atoms in total. The van der Waals surface area contributed by atoms with Crippen molar-refractivity contribution in [3.63, 3.8) is 0 Å². The second kappa shape index (κ2) is 12.9. The quantitative estimate of drug-likeness (QED) is 0.201. The Morgan fingerprint density at radius 3 is 2.02 bits per heavy atom. The Morgan fingerprint density at radius 2 is 1.43 bits per heavy atom. The van der Waals surface area contributed by atoms with Gasteiger partial charge in [0, 0.05) is 0 Å². The minimum absolute atomic E-state index is 0.132. The third-order valence-corrected chi connectivity index (χ3v) is 63.9. The summed E-state index contributed by atoms with van der Waals surface area (Å²) >= 11 is -4.79. The van der Waals surface area contributed by atoms with Gasteiger partial charge in [-0.25, -0.2) is 0 Å². The zero-order valence-corrected chi connectivity index (χ0v) is 34.6. The minimum atomic E-state index is -4.79. The molecule has 0 aromatic heterocycles. The van der Waals surface area contributed by atoms with E-state index in [1.54, 1.807) is 5.57 Å². The summed E-state index contributed by atoms with van der Waals surface area (Å²) in [5.74, 6) is -0.476. The predicted molar refractivity (Wildman–Crippen MR) is 205 cm³/mol. The molecular formula is C42H55Cl2SiZr. The Kier molecular flexibility index (Phi) is 9.75. The molecule has 3 aliphatic carbocycles. The van der Waals surface area contributed by atoms with Gasteiger partial charge in [0.2, 0.25) is 0 Å². The van der Waals surface area contributed by atoms with Gasteiger partial charge in [-0.3, -0.25) is 0 Å². The van der Waals surface area contributed by atoms with Gasteiger partial charge in [-0.2, -0.15) is 0 Å². The molecule has 3 atom stereocenters. The molecule has 0 spiro atoms. The zero-order valence-electron chi connectivity index (χ0n) is 29.5. The number of fused-ring (bicyclic) bond motifs is 2. The van der Waals surface area contributed by atoms with Crippen LogP contribution in [0.4, 0.5) is 0 Å². The Morgan fingerprint density at radius 1 is 0.804 bits per heavy atom. The van der Waals surface area contributed by atoms with Gasteiger partial charge in [-0.05, 0) is 0 Å². The SMILES string of the molecule is CCC1=Cc2c(-c3ccc(C(C)(C)C)cc3)cccc2[CH]1[Zr]([Cl])([Cl])([CH]1C(C2CCCCC2)=Cc2c(C(C)CC)cccc21)[SiH](C)C. The van der Waals surface area contributed by atoms with Crippen molar-refractivity contribution in [2.45, 2.75) is 118 Å². The van der Waals surface area contributed by atoms with E-state index in [1.165, 1.54) is 82.2 Å². The van der Waals surface area contributed by atoms with Crippen molar-refractivity contribution >= 4 is 35.1 Å². The Labute approximate surface area is 288 Å². The fourth-order valence-electron chi connectivity index (χ4n) is 9.16. The molecule has 0 N–H and O–H groups in total. The molecular weight excluding hydrogens is 695 g/mol. The summed E-state index contributed by atoms with van der Waals surface area (Å²) in [5, 5.41) is 0. The molecule has 0 bridgehead atoms. The first-order chi connectivity index (χ1) is 21.8. The van der Waals surface area contributed by atoms with Gasteiger partial charge in [0.05, 0.1) is 0 Å². The summed E-state index contributed by atoms with van der Waals surface area (Å²) in [5.41, 5.74) is 14.4. The molecule has 0 heterocycles. The molecule has 0 aliphatic heterocycles. The molecule has 3 aliphatic rings.